The zero-order valence-corrected chi connectivity index (χ0v) is 20.9. The molecule has 3 fully saturated rings. The molecule has 3 unspecified atom stereocenters. The van der Waals surface area contributed by atoms with Crippen molar-refractivity contribution in [2.45, 2.75) is 30.7 Å². The number of hydrogen-bond donors (Lipinski definition) is 3. The molecule has 2 aromatic rings. The summed E-state index contributed by atoms with van der Waals surface area (Å²) in [6.07, 6.45) is 8.52. The summed E-state index contributed by atoms with van der Waals surface area (Å²) in [5.74, 6) is 0.434. The average Bonchev–Trinajstić information content (AvgIpc) is 3.25. The lowest BCUT2D eigenvalue weighted by molar-refractivity contribution is 0.0619. The number of anilines is 1. The van der Waals surface area contributed by atoms with Gasteiger partial charge in [0.2, 0.25) is 0 Å². The number of alkyl halides is 1. The SMILES string of the molecule is O=C(NCCC1C(Cl)=CC=CC1Cl)Nc1ccc2c(C(=O)NC3CN4CCC3CC4)nsc2c1. The van der Waals surface area contributed by atoms with Gasteiger partial charge in [0.05, 0.1) is 10.1 Å². The van der Waals surface area contributed by atoms with Crippen LogP contribution in [0.15, 0.2) is 41.5 Å². The van der Waals surface area contributed by atoms with Crippen LogP contribution in [0.2, 0.25) is 0 Å². The van der Waals surface area contributed by atoms with E-state index in [-0.39, 0.29) is 29.3 Å². The fourth-order valence-corrected chi connectivity index (χ4v) is 6.56. The molecule has 7 nitrogen and oxygen atoms in total. The summed E-state index contributed by atoms with van der Waals surface area (Å²) in [7, 11) is 0. The molecule has 34 heavy (non-hydrogen) atoms. The van der Waals surface area contributed by atoms with Gasteiger partial charge in [0.25, 0.3) is 5.91 Å². The first-order valence-corrected chi connectivity index (χ1v) is 13.2. The number of hydrogen-bond acceptors (Lipinski definition) is 5. The number of nitrogens with one attached hydrogen (secondary N) is 3. The molecule has 0 saturated carbocycles. The quantitative estimate of drug-likeness (QED) is 0.488. The highest BCUT2D eigenvalue weighted by Crippen LogP contribution is 2.31. The van der Waals surface area contributed by atoms with Crippen LogP contribution in [0.1, 0.15) is 29.8 Å². The second kappa shape index (κ2) is 10.2. The maximum Gasteiger partial charge on any atom is 0.319 e. The number of urea groups is 1. The van der Waals surface area contributed by atoms with Crippen LogP contribution in [-0.2, 0) is 0 Å². The highest BCUT2D eigenvalue weighted by molar-refractivity contribution is 7.13. The van der Waals surface area contributed by atoms with Crippen LogP contribution in [-0.4, -0.2) is 58.8 Å². The zero-order chi connectivity index (χ0) is 23.7. The number of amides is 3. The molecule has 3 N–H and O–H groups in total. The van der Waals surface area contributed by atoms with Crippen molar-refractivity contribution in [3.05, 3.63) is 47.2 Å². The molecule has 6 rings (SSSR count). The van der Waals surface area contributed by atoms with Crippen molar-refractivity contribution in [2.24, 2.45) is 11.8 Å². The number of allylic oxidation sites excluding steroid dienone is 4. The Morgan fingerprint density at radius 3 is 2.79 bits per heavy atom. The van der Waals surface area contributed by atoms with E-state index in [1.54, 1.807) is 6.07 Å². The largest absolute Gasteiger partial charge is 0.346 e. The van der Waals surface area contributed by atoms with Crippen LogP contribution in [0.25, 0.3) is 10.1 Å². The van der Waals surface area contributed by atoms with Gasteiger partial charge in [-0.2, -0.15) is 4.37 Å². The van der Waals surface area contributed by atoms with Gasteiger partial charge in [0.15, 0.2) is 0 Å². The van der Waals surface area contributed by atoms with E-state index in [0.717, 1.165) is 42.6 Å². The Bertz CT molecular complexity index is 1140. The van der Waals surface area contributed by atoms with Crippen molar-refractivity contribution < 1.29 is 9.59 Å². The third-order valence-corrected chi connectivity index (χ3v) is 8.61. The van der Waals surface area contributed by atoms with E-state index >= 15 is 0 Å². The molecule has 4 heterocycles. The van der Waals surface area contributed by atoms with Gasteiger partial charge in [-0.15, -0.1) is 11.6 Å². The standard InChI is InChI=1S/C24H27Cl2N5O2S/c25-18-2-1-3-19(26)16(18)6-9-27-24(33)28-15-4-5-17-21(12-15)34-30-22(17)23(32)29-20-13-31-10-7-14(20)8-11-31/h1-5,12,14,16,18,20H,6-11,13H2,(H,29,32)(H2,27,28,33). The molecule has 3 amide bonds. The second-order valence-corrected chi connectivity index (χ2v) is 10.9. The van der Waals surface area contributed by atoms with E-state index in [1.807, 2.05) is 30.4 Å². The van der Waals surface area contributed by atoms with Crippen molar-refractivity contribution in [3.63, 3.8) is 0 Å². The molecule has 3 atom stereocenters. The van der Waals surface area contributed by atoms with Gasteiger partial charge in [-0.3, -0.25) is 4.79 Å². The van der Waals surface area contributed by atoms with Crippen LogP contribution in [0, 0.1) is 11.8 Å². The molecule has 1 aliphatic carbocycles. The Morgan fingerprint density at radius 1 is 1.24 bits per heavy atom. The van der Waals surface area contributed by atoms with Gasteiger partial charge in [-0.05, 0) is 74.1 Å². The van der Waals surface area contributed by atoms with Crippen molar-refractivity contribution in [1.82, 2.24) is 19.9 Å². The van der Waals surface area contributed by atoms with Crippen molar-refractivity contribution >= 4 is 62.4 Å². The molecule has 10 heteroatoms. The maximum atomic E-state index is 12.9. The lowest BCUT2D eigenvalue weighted by Gasteiger charge is -2.44. The number of nitrogens with zero attached hydrogens (tertiary/aromatic N) is 2. The summed E-state index contributed by atoms with van der Waals surface area (Å²) in [5, 5.41) is 10.2. The Kier molecular flexibility index (Phi) is 7.11. The summed E-state index contributed by atoms with van der Waals surface area (Å²) in [6, 6.07) is 5.37. The molecule has 2 bridgehead atoms. The summed E-state index contributed by atoms with van der Waals surface area (Å²) in [6.45, 7) is 3.64. The minimum absolute atomic E-state index is 0.00674. The van der Waals surface area contributed by atoms with Crippen LogP contribution >= 0.6 is 34.7 Å². The predicted octanol–water partition coefficient (Wildman–Crippen LogP) is 4.55. The molecular formula is C24H27Cl2N5O2S. The number of halogens is 2. The van der Waals surface area contributed by atoms with Gasteiger partial charge in [0, 0.05) is 41.2 Å². The Labute approximate surface area is 212 Å². The number of carbonyl (C=O) groups excluding carboxylic acids is 2. The minimum Gasteiger partial charge on any atom is -0.346 e. The number of benzene rings is 1. The number of rotatable bonds is 6. The molecule has 3 aliphatic heterocycles. The smallest absolute Gasteiger partial charge is 0.319 e. The third kappa shape index (κ3) is 5.10. The van der Waals surface area contributed by atoms with E-state index in [1.165, 1.54) is 11.5 Å². The number of carbonyl (C=O) groups is 2. The van der Waals surface area contributed by atoms with Crippen molar-refractivity contribution in [2.75, 3.05) is 31.5 Å². The number of fused-ring (bicyclic) bond motifs is 4. The zero-order valence-electron chi connectivity index (χ0n) is 18.6. The Balaban J connectivity index is 1.16. The first-order valence-electron chi connectivity index (χ1n) is 11.6. The molecule has 4 aliphatic rings. The molecule has 0 spiro atoms. The van der Waals surface area contributed by atoms with Crippen LogP contribution in [0.4, 0.5) is 10.5 Å². The molecule has 1 aromatic carbocycles. The molecule has 0 radical (unpaired) electrons. The predicted molar refractivity (Wildman–Crippen MR) is 138 cm³/mol. The third-order valence-electron chi connectivity index (χ3n) is 6.95. The van der Waals surface area contributed by atoms with Gasteiger partial charge in [-0.1, -0.05) is 23.8 Å². The average molecular weight is 520 g/mol. The lowest BCUT2D eigenvalue weighted by atomic mass is 9.84. The lowest BCUT2D eigenvalue weighted by Crippen LogP contribution is -2.57. The Hall–Kier alpha value is -2.13. The monoisotopic (exact) mass is 519 g/mol. The minimum atomic E-state index is -0.304. The van der Waals surface area contributed by atoms with E-state index < -0.39 is 0 Å². The van der Waals surface area contributed by atoms with Crippen LogP contribution in [0.5, 0.6) is 0 Å². The number of aromatic nitrogens is 1. The maximum absolute atomic E-state index is 12.9. The Morgan fingerprint density at radius 2 is 2.06 bits per heavy atom. The first kappa shape index (κ1) is 23.6. The first-order chi connectivity index (χ1) is 16.5. The van der Waals surface area contributed by atoms with Gasteiger partial charge in [-0.25, -0.2) is 4.79 Å². The highest BCUT2D eigenvalue weighted by Gasteiger charge is 2.35. The van der Waals surface area contributed by atoms with Crippen LogP contribution < -0.4 is 16.0 Å². The number of piperidine rings is 3. The van der Waals surface area contributed by atoms with Crippen molar-refractivity contribution in [3.8, 4) is 0 Å². The van der Waals surface area contributed by atoms with Crippen LogP contribution in [0.3, 0.4) is 0 Å². The van der Waals surface area contributed by atoms with E-state index in [2.05, 4.69) is 25.2 Å². The van der Waals surface area contributed by atoms with Gasteiger partial charge in [0.1, 0.15) is 5.69 Å². The van der Waals surface area contributed by atoms with Gasteiger partial charge < -0.3 is 20.9 Å². The fraction of sp³-hybridized carbons (Fsp3) is 0.458. The van der Waals surface area contributed by atoms with Gasteiger partial charge >= 0.3 is 6.03 Å². The van der Waals surface area contributed by atoms with E-state index in [4.69, 9.17) is 23.2 Å². The summed E-state index contributed by atoms with van der Waals surface area (Å²) in [5.41, 5.74) is 1.10. The fourth-order valence-electron chi connectivity index (χ4n) is 5.02. The van der Waals surface area contributed by atoms with E-state index in [0.29, 0.717) is 35.3 Å². The highest BCUT2D eigenvalue weighted by atomic mass is 35.5. The second-order valence-electron chi connectivity index (χ2n) is 9.12. The molecule has 3 saturated heterocycles. The molecular weight excluding hydrogens is 493 g/mol. The molecule has 1 aromatic heterocycles. The summed E-state index contributed by atoms with van der Waals surface area (Å²) < 4.78 is 5.26. The summed E-state index contributed by atoms with van der Waals surface area (Å²) >= 11 is 13.8. The normalized spacial score (nSPS) is 27.9. The topological polar surface area (TPSA) is 86.4 Å². The molecule has 180 valence electrons. The van der Waals surface area contributed by atoms with E-state index in [9.17, 15) is 9.59 Å². The summed E-state index contributed by atoms with van der Waals surface area (Å²) in [4.78, 5) is 27.7. The van der Waals surface area contributed by atoms with Crippen molar-refractivity contribution in [1.29, 1.82) is 0 Å².